The van der Waals surface area contributed by atoms with Crippen LogP contribution in [-0.4, -0.2) is 26.9 Å². The van der Waals surface area contributed by atoms with Crippen molar-refractivity contribution in [3.63, 3.8) is 0 Å². The molecule has 35 heavy (non-hydrogen) atoms. The van der Waals surface area contributed by atoms with Crippen LogP contribution in [0, 0.1) is 6.92 Å². The van der Waals surface area contributed by atoms with Crippen LogP contribution in [0.1, 0.15) is 63.2 Å². The molecular formula is C25H27F3N2O5. The van der Waals surface area contributed by atoms with E-state index in [-0.39, 0.29) is 11.8 Å². The highest BCUT2D eigenvalue weighted by molar-refractivity contribution is 5.76. The van der Waals surface area contributed by atoms with Crippen LogP contribution in [0.2, 0.25) is 0 Å². The van der Waals surface area contributed by atoms with Gasteiger partial charge < -0.3 is 19.0 Å². The SMILES string of the molecule is CCCCC(Oc1ccc(OC(C)(C)C(=O)O)c(C)c1)c1nnc(-c2ccc(C(F)(F)F)cc2)o1. The Hall–Kier alpha value is -3.56. The number of benzene rings is 2. The summed E-state index contributed by atoms with van der Waals surface area (Å²) >= 11 is 0. The zero-order chi connectivity index (χ0) is 25.8. The molecule has 10 heteroatoms. The number of halogens is 3. The number of carbonyl (C=O) groups is 1. The number of aliphatic carboxylic acids is 1. The maximum absolute atomic E-state index is 12.8. The summed E-state index contributed by atoms with van der Waals surface area (Å²) in [5, 5.41) is 17.3. The quantitative estimate of drug-likeness (QED) is 0.340. The summed E-state index contributed by atoms with van der Waals surface area (Å²) in [5.74, 6) is 0.126. The van der Waals surface area contributed by atoms with Gasteiger partial charge in [-0.2, -0.15) is 13.2 Å². The molecule has 3 rings (SSSR count). The highest BCUT2D eigenvalue weighted by atomic mass is 19.4. The topological polar surface area (TPSA) is 94.7 Å². The second kappa shape index (κ2) is 10.4. The van der Waals surface area contributed by atoms with Crippen LogP contribution in [0.5, 0.6) is 11.5 Å². The zero-order valence-corrected chi connectivity index (χ0v) is 19.8. The Morgan fingerprint density at radius 1 is 1.11 bits per heavy atom. The molecular weight excluding hydrogens is 465 g/mol. The number of aryl methyl sites for hydroxylation is 1. The fraction of sp³-hybridized carbons (Fsp3) is 0.400. The Balaban J connectivity index is 1.80. The fourth-order valence-electron chi connectivity index (χ4n) is 3.20. The van der Waals surface area contributed by atoms with Gasteiger partial charge in [-0.3, -0.25) is 0 Å². The number of aromatic nitrogens is 2. The van der Waals surface area contributed by atoms with Crippen LogP contribution in [0.25, 0.3) is 11.5 Å². The van der Waals surface area contributed by atoms with Crippen molar-refractivity contribution < 1.29 is 37.0 Å². The molecule has 188 valence electrons. The predicted octanol–water partition coefficient (Wildman–Crippen LogP) is 6.62. The van der Waals surface area contributed by atoms with Gasteiger partial charge in [-0.05, 0) is 81.6 Å². The number of carboxylic acids is 1. The van der Waals surface area contributed by atoms with E-state index in [1.54, 1.807) is 25.1 Å². The normalized spacial score (nSPS) is 12.9. The molecule has 0 aliphatic rings. The number of rotatable bonds is 10. The minimum atomic E-state index is -4.43. The molecule has 0 saturated heterocycles. The van der Waals surface area contributed by atoms with Crippen LogP contribution in [0.4, 0.5) is 13.2 Å². The number of hydrogen-bond donors (Lipinski definition) is 1. The summed E-state index contributed by atoms with van der Waals surface area (Å²) < 4.78 is 56.0. The standard InChI is InChI=1S/C25H27F3N2O5/c1-5-6-7-20(33-18-12-13-19(15(2)14-18)35-24(3,4)23(31)32)22-30-29-21(34-22)16-8-10-17(11-9-16)25(26,27)28/h8-14,20H,5-7H2,1-4H3,(H,31,32). The van der Waals surface area contributed by atoms with Crippen molar-refractivity contribution in [3.05, 3.63) is 59.5 Å². The molecule has 0 aliphatic heterocycles. The number of unbranched alkanes of at least 4 members (excludes halogenated alkanes) is 1. The van der Waals surface area contributed by atoms with Gasteiger partial charge >= 0.3 is 12.1 Å². The molecule has 1 unspecified atom stereocenters. The van der Waals surface area contributed by atoms with Crippen LogP contribution >= 0.6 is 0 Å². The molecule has 1 heterocycles. The summed E-state index contributed by atoms with van der Waals surface area (Å²) in [7, 11) is 0. The molecule has 0 amide bonds. The number of nitrogens with zero attached hydrogens (tertiary/aromatic N) is 2. The van der Waals surface area contributed by atoms with E-state index >= 15 is 0 Å². The van der Waals surface area contributed by atoms with E-state index in [2.05, 4.69) is 10.2 Å². The van der Waals surface area contributed by atoms with E-state index in [4.69, 9.17) is 13.9 Å². The molecule has 2 aromatic carbocycles. The molecule has 0 saturated carbocycles. The van der Waals surface area contributed by atoms with Crippen molar-refractivity contribution in [1.82, 2.24) is 10.2 Å². The van der Waals surface area contributed by atoms with Crippen molar-refractivity contribution in [1.29, 1.82) is 0 Å². The van der Waals surface area contributed by atoms with Gasteiger partial charge in [0.2, 0.25) is 5.89 Å². The van der Waals surface area contributed by atoms with Crippen molar-refractivity contribution in [3.8, 4) is 23.0 Å². The summed E-state index contributed by atoms with van der Waals surface area (Å²) in [6.45, 7) is 6.73. The monoisotopic (exact) mass is 492 g/mol. The number of ether oxygens (including phenoxy) is 2. The molecule has 1 aromatic heterocycles. The first-order chi connectivity index (χ1) is 16.4. The van der Waals surface area contributed by atoms with Gasteiger partial charge in [0.05, 0.1) is 5.56 Å². The minimum absolute atomic E-state index is 0.0923. The Morgan fingerprint density at radius 3 is 2.37 bits per heavy atom. The molecule has 0 bridgehead atoms. The molecule has 0 spiro atoms. The number of alkyl halides is 3. The lowest BCUT2D eigenvalue weighted by atomic mass is 10.1. The first kappa shape index (κ1) is 26.1. The lowest BCUT2D eigenvalue weighted by Crippen LogP contribution is -2.38. The summed E-state index contributed by atoms with van der Waals surface area (Å²) in [5.41, 5.74) is -1.11. The predicted molar refractivity (Wildman–Crippen MR) is 121 cm³/mol. The third-order valence-corrected chi connectivity index (χ3v) is 5.30. The van der Waals surface area contributed by atoms with Crippen LogP contribution in [0.15, 0.2) is 46.9 Å². The average Bonchev–Trinajstić information content (AvgIpc) is 3.28. The van der Waals surface area contributed by atoms with Crippen molar-refractivity contribution in [2.45, 2.75) is 64.8 Å². The number of hydrogen-bond acceptors (Lipinski definition) is 6. The van der Waals surface area contributed by atoms with Crippen molar-refractivity contribution in [2.24, 2.45) is 0 Å². The van der Waals surface area contributed by atoms with Gasteiger partial charge in [-0.1, -0.05) is 13.3 Å². The molecule has 7 nitrogen and oxygen atoms in total. The van der Waals surface area contributed by atoms with E-state index in [9.17, 15) is 23.1 Å². The molecule has 0 fully saturated rings. The van der Waals surface area contributed by atoms with E-state index in [1.165, 1.54) is 26.0 Å². The van der Waals surface area contributed by atoms with E-state index < -0.39 is 29.4 Å². The summed E-state index contributed by atoms with van der Waals surface area (Å²) in [6.07, 6.45) is -2.72. The summed E-state index contributed by atoms with van der Waals surface area (Å²) in [4.78, 5) is 11.3. The van der Waals surface area contributed by atoms with Crippen molar-refractivity contribution >= 4 is 5.97 Å². The van der Waals surface area contributed by atoms with Crippen LogP contribution in [-0.2, 0) is 11.0 Å². The van der Waals surface area contributed by atoms with E-state index in [0.29, 0.717) is 29.0 Å². The van der Waals surface area contributed by atoms with E-state index in [1.807, 2.05) is 6.92 Å². The maximum atomic E-state index is 12.8. The lowest BCUT2D eigenvalue weighted by molar-refractivity contribution is -0.152. The molecule has 0 aliphatic carbocycles. The van der Waals surface area contributed by atoms with Gasteiger partial charge in [0.1, 0.15) is 11.5 Å². The average molecular weight is 492 g/mol. The Kier molecular flexibility index (Phi) is 7.72. The van der Waals surface area contributed by atoms with E-state index in [0.717, 1.165) is 25.0 Å². The first-order valence-corrected chi connectivity index (χ1v) is 11.1. The van der Waals surface area contributed by atoms with Gasteiger partial charge in [0.15, 0.2) is 11.7 Å². The zero-order valence-electron chi connectivity index (χ0n) is 19.8. The smallest absolute Gasteiger partial charge is 0.416 e. The second-order valence-electron chi connectivity index (χ2n) is 8.61. The highest BCUT2D eigenvalue weighted by Gasteiger charge is 2.31. The third-order valence-electron chi connectivity index (χ3n) is 5.30. The van der Waals surface area contributed by atoms with Gasteiger partial charge in [0.25, 0.3) is 5.89 Å². The highest BCUT2D eigenvalue weighted by Crippen LogP contribution is 2.33. The second-order valence-corrected chi connectivity index (χ2v) is 8.61. The minimum Gasteiger partial charge on any atom is -0.481 e. The van der Waals surface area contributed by atoms with Gasteiger partial charge in [-0.25, -0.2) is 4.79 Å². The maximum Gasteiger partial charge on any atom is 0.416 e. The van der Waals surface area contributed by atoms with Gasteiger partial charge in [0, 0.05) is 5.56 Å². The van der Waals surface area contributed by atoms with Crippen LogP contribution < -0.4 is 9.47 Å². The molecule has 3 aromatic rings. The number of carboxylic acid groups (broad SMARTS) is 1. The van der Waals surface area contributed by atoms with Crippen molar-refractivity contribution in [2.75, 3.05) is 0 Å². The molecule has 0 radical (unpaired) electrons. The summed E-state index contributed by atoms with van der Waals surface area (Å²) in [6, 6.07) is 9.50. The third kappa shape index (κ3) is 6.52. The Morgan fingerprint density at radius 2 is 1.80 bits per heavy atom. The molecule has 1 atom stereocenters. The van der Waals surface area contributed by atoms with Gasteiger partial charge in [-0.15, -0.1) is 10.2 Å². The fourth-order valence-corrected chi connectivity index (χ4v) is 3.20. The molecule has 1 N–H and O–H groups in total. The largest absolute Gasteiger partial charge is 0.481 e. The Labute approximate surface area is 200 Å². The van der Waals surface area contributed by atoms with Crippen LogP contribution in [0.3, 0.4) is 0 Å². The Bertz CT molecular complexity index is 1160. The lowest BCUT2D eigenvalue weighted by Gasteiger charge is -2.23. The first-order valence-electron chi connectivity index (χ1n) is 11.1.